The van der Waals surface area contributed by atoms with E-state index < -0.39 is 30.3 Å². The monoisotopic (exact) mass is 687 g/mol. The Morgan fingerprint density at radius 3 is 2.33 bits per heavy atom. The second kappa shape index (κ2) is 12.3. The van der Waals surface area contributed by atoms with Gasteiger partial charge >= 0.3 is 12.4 Å². The van der Waals surface area contributed by atoms with Gasteiger partial charge in [0.2, 0.25) is 5.88 Å². The standard InChI is InChI=1S/C32H31F6N9O2/c1-45-14-20(31(33,34)35)42-27(45)19-11-9-18(10-12-19)25(32(36,37)38)46(2)28-24-29(47(16-41-24)21-6-4-5-13-49-21)44-26(43-28)22-23(17-7-8-17)39-15-40-30(22)48-3/h9-12,14-17,21,25H,4-8,13H2,1-3H3/t21?,25-/m1/s1. The number of aromatic nitrogens is 8. The SMILES string of the molecule is COc1ncnc(C2CC2)c1-c1nc(N(C)[C@H](c2ccc(-c3nc(C(F)(F)F)cn3C)cc2)C(F)(F)F)c2ncn(C3CCCCO3)c2n1. The van der Waals surface area contributed by atoms with Crippen molar-refractivity contribution >= 4 is 17.0 Å². The Balaban J connectivity index is 1.36. The first kappa shape index (κ1) is 32.7. The van der Waals surface area contributed by atoms with Crippen molar-refractivity contribution in [3.63, 3.8) is 0 Å². The van der Waals surface area contributed by atoms with Gasteiger partial charge in [0.1, 0.15) is 23.9 Å². The minimum Gasteiger partial charge on any atom is -0.480 e. The first-order valence-electron chi connectivity index (χ1n) is 15.6. The Morgan fingerprint density at radius 1 is 0.959 bits per heavy atom. The van der Waals surface area contributed by atoms with Crippen LogP contribution in [0.4, 0.5) is 32.2 Å². The van der Waals surface area contributed by atoms with Crippen LogP contribution in [0.5, 0.6) is 5.88 Å². The molecule has 0 spiro atoms. The molecule has 7 rings (SSSR count). The number of imidazole rings is 2. The second-order valence-corrected chi connectivity index (χ2v) is 12.2. The van der Waals surface area contributed by atoms with Crippen molar-refractivity contribution in [2.45, 2.75) is 62.6 Å². The van der Waals surface area contributed by atoms with Crippen LogP contribution in [-0.2, 0) is 18.0 Å². The van der Waals surface area contributed by atoms with Crippen LogP contribution in [0.2, 0.25) is 0 Å². The van der Waals surface area contributed by atoms with Crippen molar-refractivity contribution in [1.29, 1.82) is 0 Å². The topological polar surface area (TPSA) is 109 Å². The van der Waals surface area contributed by atoms with Crippen LogP contribution in [0.15, 0.2) is 43.1 Å². The Kier molecular flexibility index (Phi) is 8.19. The third-order valence-electron chi connectivity index (χ3n) is 8.77. The molecule has 0 N–H and O–H groups in total. The quantitative estimate of drug-likeness (QED) is 0.159. The number of alkyl halides is 6. The lowest BCUT2D eigenvalue weighted by Crippen LogP contribution is -2.36. The molecule has 258 valence electrons. The minimum atomic E-state index is -4.82. The summed E-state index contributed by atoms with van der Waals surface area (Å²) in [6.07, 6.45) is -2.03. The largest absolute Gasteiger partial charge is 0.480 e. The first-order chi connectivity index (χ1) is 23.3. The van der Waals surface area contributed by atoms with Gasteiger partial charge in [0.25, 0.3) is 0 Å². The van der Waals surface area contributed by atoms with Crippen LogP contribution >= 0.6 is 0 Å². The fourth-order valence-corrected chi connectivity index (χ4v) is 6.27. The maximum Gasteiger partial charge on any atom is 0.434 e. The third kappa shape index (κ3) is 6.15. The van der Waals surface area contributed by atoms with E-state index in [0.717, 1.165) is 36.8 Å². The molecule has 0 bridgehead atoms. The van der Waals surface area contributed by atoms with E-state index in [9.17, 15) is 13.2 Å². The van der Waals surface area contributed by atoms with Gasteiger partial charge in [-0.1, -0.05) is 24.3 Å². The highest BCUT2D eigenvalue weighted by atomic mass is 19.4. The van der Waals surface area contributed by atoms with Crippen LogP contribution in [0.3, 0.4) is 0 Å². The van der Waals surface area contributed by atoms with Crippen molar-refractivity contribution in [2.75, 3.05) is 25.7 Å². The lowest BCUT2D eigenvalue weighted by molar-refractivity contribution is -0.149. The number of methoxy groups -OCH3 is 1. The lowest BCUT2D eigenvalue weighted by atomic mass is 10.0. The number of aryl methyl sites for hydroxylation is 1. The highest BCUT2D eigenvalue weighted by Crippen LogP contribution is 2.47. The van der Waals surface area contributed by atoms with E-state index in [1.165, 1.54) is 62.7 Å². The van der Waals surface area contributed by atoms with Gasteiger partial charge in [-0.3, -0.25) is 4.57 Å². The van der Waals surface area contributed by atoms with Gasteiger partial charge < -0.3 is 18.9 Å². The van der Waals surface area contributed by atoms with Gasteiger partial charge in [0, 0.05) is 38.4 Å². The summed E-state index contributed by atoms with van der Waals surface area (Å²) in [5.41, 5.74) is 0.376. The van der Waals surface area contributed by atoms with Crippen molar-refractivity contribution in [2.24, 2.45) is 7.05 Å². The third-order valence-corrected chi connectivity index (χ3v) is 8.77. The zero-order valence-corrected chi connectivity index (χ0v) is 26.6. The zero-order chi connectivity index (χ0) is 34.7. The van der Waals surface area contributed by atoms with Gasteiger partial charge in [-0.05, 0) is 37.7 Å². The molecule has 49 heavy (non-hydrogen) atoms. The summed E-state index contributed by atoms with van der Waals surface area (Å²) in [6, 6.07) is 2.84. The molecule has 2 fully saturated rings. The number of hydrogen-bond donors (Lipinski definition) is 0. The van der Waals surface area contributed by atoms with E-state index in [1.807, 2.05) is 0 Å². The Labute approximate surface area is 276 Å². The number of nitrogens with zero attached hydrogens (tertiary/aromatic N) is 9. The smallest absolute Gasteiger partial charge is 0.434 e. The fraction of sp³-hybridized carbons (Fsp3) is 0.438. The van der Waals surface area contributed by atoms with E-state index in [1.54, 1.807) is 4.57 Å². The van der Waals surface area contributed by atoms with Crippen LogP contribution in [0.1, 0.15) is 67.2 Å². The molecule has 11 nitrogen and oxygen atoms in total. The summed E-state index contributed by atoms with van der Waals surface area (Å²) in [7, 11) is 4.09. The summed E-state index contributed by atoms with van der Waals surface area (Å²) in [4.78, 5) is 27.4. The van der Waals surface area contributed by atoms with Gasteiger partial charge in [-0.15, -0.1) is 0 Å². The predicted octanol–water partition coefficient (Wildman–Crippen LogP) is 7.03. The van der Waals surface area contributed by atoms with Gasteiger partial charge in [-0.2, -0.15) is 26.3 Å². The van der Waals surface area contributed by atoms with Crippen LogP contribution in [0, 0.1) is 0 Å². The minimum absolute atomic E-state index is 0.0427. The number of rotatable bonds is 8. The highest BCUT2D eigenvalue weighted by molar-refractivity contribution is 5.87. The average Bonchev–Trinajstić information content (AvgIpc) is 3.71. The molecule has 17 heteroatoms. The van der Waals surface area contributed by atoms with Crippen LogP contribution in [-0.4, -0.2) is 66.0 Å². The summed E-state index contributed by atoms with van der Waals surface area (Å²) in [5.74, 6) is 0.228. The van der Waals surface area contributed by atoms with Gasteiger partial charge in [0.05, 0.1) is 19.1 Å². The molecule has 2 aliphatic rings. The van der Waals surface area contributed by atoms with Crippen LogP contribution in [0.25, 0.3) is 33.9 Å². The number of ether oxygens (including phenoxy) is 2. The van der Waals surface area contributed by atoms with Crippen molar-refractivity contribution < 1.29 is 35.8 Å². The molecular formula is C32H31F6N9O2. The molecule has 1 aromatic carbocycles. The fourth-order valence-electron chi connectivity index (χ4n) is 6.27. The molecule has 4 aromatic heterocycles. The number of hydrogen-bond acceptors (Lipinski definition) is 9. The molecule has 1 unspecified atom stereocenters. The maximum atomic E-state index is 15.1. The molecule has 1 saturated heterocycles. The van der Waals surface area contributed by atoms with Crippen molar-refractivity contribution in [3.8, 4) is 28.7 Å². The molecule has 0 radical (unpaired) electrons. The average molecular weight is 688 g/mol. The van der Waals surface area contributed by atoms with E-state index in [2.05, 4.69) is 24.9 Å². The zero-order valence-electron chi connectivity index (χ0n) is 26.6. The van der Waals surface area contributed by atoms with Crippen molar-refractivity contribution in [1.82, 2.24) is 39.0 Å². The second-order valence-electron chi connectivity index (χ2n) is 12.2. The van der Waals surface area contributed by atoms with E-state index in [-0.39, 0.29) is 51.6 Å². The molecule has 0 amide bonds. The number of benzene rings is 1. The number of halogens is 6. The molecule has 1 saturated carbocycles. The molecular weight excluding hydrogens is 656 g/mol. The summed E-state index contributed by atoms with van der Waals surface area (Å²) >= 11 is 0. The number of anilines is 1. The Bertz CT molecular complexity index is 1980. The molecule has 1 aliphatic carbocycles. The summed E-state index contributed by atoms with van der Waals surface area (Å²) < 4.78 is 99.4. The van der Waals surface area contributed by atoms with Gasteiger partial charge in [-0.25, -0.2) is 29.9 Å². The van der Waals surface area contributed by atoms with E-state index in [4.69, 9.17) is 14.5 Å². The normalized spacial score (nSPS) is 17.8. The summed E-state index contributed by atoms with van der Waals surface area (Å²) in [5, 5.41) is 0. The maximum absolute atomic E-state index is 15.1. The van der Waals surface area contributed by atoms with Crippen molar-refractivity contribution in [3.05, 3.63) is 60.1 Å². The molecule has 5 aromatic rings. The predicted molar refractivity (Wildman–Crippen MR) is 165 cm³/mol. The number of fused-ring (bicyclic) bond motifs is 1. The summed E-state index contributed by atoms with van der Waals surface area (Å²) in [6.45, 7) is 0.517. The molecule has 2 atom stereocenters. The Morgan fingerprint density at radius 2 is 1.71 bits per heavy atom. The van der Waals surface area contributed by atoms with Gasteiger partial charge in [0.15, 0.2) is 34.5 Å². The van der Waals surface area contributed by atoms with Crippen LogP contribution < -0.4 is 9.64 Å². The highest BCUT2D eigenvalue weighted by Gasteiger charge is 2.45. The Hall–Kier alpha value is -4.80. The molecule has 1 aliphatic heterocycles. The van der Waals surface area contributed by atoms with E-state index >= 15 is 13.2 Å². The first-order valence-corrected chi connectivity index (χ1v) is 15.6. The van der Waals surface area contributed by atoms with E-state index in [0.29, 0.717) is 24.3 Å². The molecule has 5 heterocycles. The lowest BCUT2D eigenvalue weighted by Gasteiger charge is -2.31.